The van der Waals surface area contributed by atoms with E-state index in [2.05, 4.69) is 28.1 Å². The molecule has 0 atom stereocenters. The van der Waals surface area contributed by atoms with Gasteiger partial charge in [0.25, 0.3) is 0 Å². The minimum absolute atomic E-state index is 0.386. The molecule has 0 bridgehead atoms. The van der Waals surface area contributed by atoms with Crippen LogP contribution in [-0.2, 0) is 0 Å². The van der Waals surface area contributed by atoms with Crippen molar-refractivity contribution in [3.8, 4) is 11.8 Å². The first-order valence-corrected chi connectivity index (χ1v) is 8.00. The van der Waals surface area contributed by atoms with Gasteiger partial charge in [-0.2, -0.15) is 5.26 Å². The molecule has 3 rings (SSSR count). The van der Waals surface area contributed by atoms with Crippen LogP contribution >= 0.6 is 27.7 Å². The third-order valence-corrected chi connectivity index (χ3v) is 4.48. The molecular weight excluding hydrogens is 334 g/mol. The van der Waals surface area contributed by atoms with Crippen LogP contribution in [-0.4, -0.2) is 6.10 Å². The molecule has 0 saturated heterocycles. The van der Waals surface area contributed by atoms with E-state index in [1.54, 1.807) is 11.8 Å². The lowest BCUT2D eigenvalue weighted by Gasteiger charge is -2.11. The number of nitriles is 1. The van der Waals surface area contributed by atoms with Crippen LogP contribution in [0.1, 0.15) is 18.4 Å². The van der Waals surface area contributed by atoms with Crippen molar-refractivity contribution in [3.63, 3.8) is 0 Å². The second-order valence-electron chi connectivity index (χ2n) is 4.65. The number of benzene rings is 2. The predicted molar refractivity (Wildman–Crippen MR) is 83.1 cm³/mol. The average Bonchev–Trinajstić information content (AvgIpc) is 3.27. The van der Waals surface area contributed by atoms with E-state index in [1.165, 1.54) is 0 Å². The average molecular weight is 346 g/mol. The van der Waals surface area contributed by atoms with Gasteiger partial charge in [-0.25, -0.2) is 0 Å². The molecule has 0 amide bonds. The van der Waals surface area contributed by atoms with Crippen molar-refractivity contribution in [1.82, 2.24) is 0 Å². The van der Waals surface area contributed by atoms with Crippen molar-refractivity contribution in [2.24, 2.45) is 0 Å². The zero-order valence-corrected chi connectivity index (χ0v) is 13.1. The van der Waals surface area contributed by atoms with Crippen molar-refractivity contribution in [2.75, 3.05) is 0 Å². The lowest BCUT2D eigenvalue weighted by atomic mass is 10.2. The van der Waals surface area contributed by atoms with Gasteiger partial charge in [-0.15, -0.1) is 0 Å². The fourth-order valence-electron chi connectivity index (χ4n) is 1.75. The van der Waals surface area contributed by atoms with Crippen LogP contribution in [0.25, 0.3) is 0 Å². The first kappa shape index (κ1) is 13.5. The standard InChI is InChI=1S/C16H12BrNOS/c17-12-3-8-15(19-13-4-5-13)16(9-12)20-14-6-1-11(10-18)2-7-14/h1-3,6-9,13H,4-5H2. The van der Waals surface area contributed by atoms with Crippen molar-refractivity contribution < 1.29 is 4.74 Å². The van der Waals surface area contributed by atoms with Crippen LogP contribution in [0.4, 0.5) is 0 Å². The number of hydrogen-bond donors (Lipinski definition) is 0. The van der Waals surface area contributed by atoms with Crippen LogP contribution in [0.15, 0.2) is 56.7 Å². The highest BCUT2D eigenvalue weighted by molar-refractivity contribution is 9.10. The highest BCUT2D eigenvalue weighted by Crippen LogP contribution is 2.39. The maximum atomic E-state index is 8.82. The number of halogens is 1. The van der Waals surface area contributed by atoms with Gasteiger partial charge in [0, 0.05) is 9.37 Å². The Morgan fingerprint density at radius 3 is 2.55 bits per heavy atom. The molecule has 0 aromatic heterocycles. The zero-order chi connectivity index (χ0) is 13.9. The number of ether oxygens (including phenoxy) is 1. The molecule has 1 saturated carbocycles. The fourth-order valence-corrected chi connectivity index (χ4v) is 3.19. The summed E-state index contributed by atoms with van der Waals surface area (Å²) in [6.07, 6.45) is 2.69. The van der Waals surface area contributed by atoms with Crippen LogP contribution in [0.5, 0.6) is 5.75 Å². The van der Waals surface area contributed by atoms with Crippen molar-refractivity contribution in [1.29, 1.82) is 5.26 Å². The Morgan fingerprint density at radius 2 is 1.90 bits per heavy atom. The summed E-state index contributed by atoms with van der Waals surface area (Å²) in [5.41, 5.74) is 0.679. The van der Waals surface area contributed by atoms with Gasteiger partial charge in [0.1, 0.15) is 5.75 Å². The molecule has 0 heterocycles. The van der Waals surface area contributed by atoms with Gasteiger partial charge in [-0.1, -0.05) is 27.7 Å². The molecule has 0 radical (unpaired) electrons. The molecule has 1 fully saturated rings. The lowest BCUT2D eigenvalue weighted by Crippen LogP contribution is -1.97. The van der Waals surface area contributed by atoms with Gasteiger partial charge in [0.05, 0.1) is 22.6 Å². The van der Waals surface area contributed by atoms with Crippen molar-refractivity contribution in [3.05, 3.63) is 52.5 Å². The molecule has 0 unspecified atom stereocenters. The van der Waals surface area contributed by atoms with E-state index in [9.17, 15) is 0 Å². The van der Waals surface area contributed by atoms with E-state index >= 15 is 0 Å². The van der Waals surface area contributed by atoms with E-state index < -0.39 is 0 Å². The van der Waals surface area contributed by atoms with E-state index in [4.69, 9.17) is 10.00 Å². The monoisotopic (exact) mass is 345 g/mol. The first-order chi connectivity index (χ1) is 9.74. The number of rotatable bonds is 4. The third-order valence-electron chi connectivity index (χ3n) is 2.93. The second kappa shape index (κ2) is 5.90. The Morgan fingerprint density at radius 1 is 1.15 bits per heavy atom. The molecule has 2 nitrogen and oxygen atoms in total. The predicted octanol–water partition coefficient (Wildman–Crippen LogP) is 5.01. The molecule has 0 spiro atoms. The minimum Gasteiger partial charge on any atom is -0.489 e. The molecule has 1 aliphatic rings. The summed E-state index contributed by atoms with van der Waals surface area (Å²) in [5.74, 6) is 0.935. The summed E-state index contributed by atoms with van der Waals surface area (Å²) in [7, 11) is 0. The van der Waals surface area contributed by atoms with E-state index in [0.29, 0.717) is 11.7 Å². The molecule has 2 aromatic rings. The maximum absolute atomic E-state index is 8.82. The lowest BCUT2D eigenvalue weighted by molar-refractivity contribution is 0.296. The number of nitrogens with zero attached hydrogens (tertiary/aromatic N) is 1. The molecule has 4 heteroatoms. The molecular formula is C16H12BrNOS. The van der Waals surface area contributed by atoms with Crippen LogP contribution in [0, 0.1) is 11.3 Å². The second-order valence-corrected chi connectivity index (χ2v) is 6.68. The van der Waals surface area contributed by atoms with Gasteiger partial charge in [-0.3, -0.25) is 0 Å². The molecule has 2 aromatic carbocycles. The van der Waals surface area contributed by atoms with E-state index in [-0.39, 0.29) is 0 Å². The smallest absolute Gasteiger partial charge is 0.133 e. The minimum atomic E-state index is 0.386. The maximum Gasteiger partial charge on any atom is 0.133 e. The Labute approximate surface area is 130 Å². The summed E-state index contributed by atoms with van der Waals surface area (Å²) >= 11 is 5.16. The van der Waals surface area contributed by atoms with Gasteiger partial charge >= 0.3 is 0 Å². The van der Waals surface area contributed by atoms with Crippen molar-refractivity contribution >= 4 is 27.7 Å². The summed E-state index contributed by atoms with van der Waals surface area (Å²) in [5, 5.41) is 8.82. The van der Waals surface area contributed by atoms with E-state index in [0.717, 1.165) is 32.9 Å². The Hall–Kier alpha value is -1.44. The van der Waals surface area contributed by atoms with Gasteiger partial charge in [-0.05, 0) is 55.3 Å². The Balaban J connectivity index is 1.84. The molecule has 100 valence electrons. The number of hydrogen-bond acceptors (Lipinski definition) is 3. The van der Waals surface area contributed by atoms with Crippen LogP contribution in [0.3, 0.4) is 0 Å². The molecule has 1 aliphatic carbocycles. The zero-order valence-electron chi connectivity index (χ0n) is 10.7. The Bertz CT molecular complexity index is 659. The van der Waals surface area contributed by atoms with Gasteiger partial charge < -0.3 is 4.74 Å². The highest BCUT2D eigenvalue weighted by Gasteiger charge is 2.24. The summed E-state index contributed by atoms with van der Waals surface area (Å²) in [6.45, 7) is 0. The SMILES string of the molecule is N#Cc1ccc(Sc2cc(Br)ccc2OC2CC2)cc1. The van der Waals surface area contributed by atoms with Crippen LogP contribution < -0.4 is 4.74 Å². The summed E-state index contributed by atoms with van der Waals surface area (Å²) in [6, 6.07) is 15.8. The largest absolute Gasteiger partial charge is 0.489 e. The highest BCUT2D eigenvalue weighted by atomic mass is 79.9. The van der Waals surface area contributed by atoms with Crippen LogP contribution in [0.2, 0.25) is 0 Å². The van der Waals surface area contributed by atoms with Gasteiger partial charge in [0.2, 0.25) is 0 Å². The Kier molecular flexibility index (Phi) is 4.00. The molecule has 0 N–H and O–H groups in total. The van der Waals surface area contributed by atoms with Gasteiger partial charge in [0.15, 0.2) is 0 Å². The third kappa shape index (κ3) is 3.36. The summed E-state index contributed by atoms with van der Waals surface area (Å²) in [4.78, 5) is 2.19. The molecule has 20 heavy (non-hydrogen) atoms. The normalized spacial score (nSPS) is 13.8. The van der Waals surface area contributed by atoms with Crippen molar-refractivity contribution in [2.45, 2.75) is 28.7 Å². The summed E-state index contributed by atoms with van der Waals surface area (Å²) < 4.78 is 6.97. The topological polar surface area (TPSA) is 33.0 Å². The fraction of sp³-hybridized carbons (Fsp3) is 0.188. The first-order valence-electron chi connectivity index (χ1n) is 6.39. The van der Waals surface area contributed by atoms with E-state index in [1.807, 2.05) is 36.4 Å². The quantitative estimate of drug-likeness (QED) is 0.780. The molecule has 0 aliphatic heterocycles.